The van der Waals surface area contributed by atoms with Gasteiger partial charge in [-0.1, -0.05) is 11.6 Å². The molecule has 2 aliphatic heterocycles. The molecule has 0 amide bonds. The van der Waals surface area contributed by atoms with Crippen molar-refractivity contribution in [2.75, 3.05) is 19.3 Å². The molecule has 3 N–H and O–H groups in total. The zero-order valence-corrected chi connectivity index (χ0v) is 17.6. The van der Waals surface area contributed by atoms with Crippen molar-refractivity contribution in [3.8, 4) is 5.75 Å². The summed E-state index contributed by atoms with van der Waals surface area (Å²) in [6.45, 7) is 7.63. The molecule has 9 heteroatoms. The second-order valence-electron chi connectivity index (χ2n) is 7.86. The number of hydrogen-bond acceptors (Lipinski definition) is 7. The quantitative estimate of drug-likeness (QED) is 0.294. The molecule has 1 saturated heterocycles. The van der Waals surface area contributed by atoms with Crippen LogP contribution in [0.3, 0.4) is 0 Å². The van der Waals surface area contributed by atoms with Crippen molar-refractivity contribution in [3.63, 3.8) is 0 Å². The lowest BCUT2D eigenvalue weighted by molar-refractivity contribution is -0.0961. The van der Waals surface area contributed by atoms with Crippen LogP contribution in [0.25, 0.3) is 0 Å². The molecule has 158 valence electrons. The number of ether oxygens (including phenoxy) is 1. The Morgan fingerprint density at radius 2 is 1.82 bits per heavy atom. The largest absolute Gasteiger partial charge is 0.485 e. The topological polar surface area (TPSA) is 120 Å². The van der Waals surface area contributed by atoms with Crippen LogP contribution in [0.4, 0.5) is 0 Å². The average molecular weight is 415 g/mol. The number of rotatable bonds is 2. The number of benzene rings is 1. The van der Waals surface area contributed by atoms with Crippen molar-refractivity contribution < 1.29 is 28.0 Å². The van der Waals surface area contributed by atoms with Crippen LogP contribution >= 0.6 is 0 Å². The van der Waals surface area contributed by atoms with E-state index in [9.17, 15) is 13.5 Å². The molecule has 28 heavy (non-hydrogen) atoms. The third kappa shape index (κ3) is 5.66. The molecule has 0 aromatic heterocycles. The second-order valence-corrected chi connectivity index (χ2v) is 9.33. The van der Waals surface area contributed by atoms with Gasteiger partial charge in [-0.15, -0.1) is 0 Å². The molecule has 8 nitrogen and oxygen atoms in total. The van der Waals surface area contributed by atoms with Gasteiger partial charge in [0.1, 0.15) is 17.5 Å². The minimum atomic E-state index is -3.67. The van der Waals surface area contributed by atoms with Crippen LogP contribution in [0.15, 0.2) is 23.4 Å². The fourth-order valence-corrected chi connectivity index (χ4v) is 3.64. The summed E-state index contributed by atoms with van der Waals surface area (Å²) in [4.78, 5) is 2.37. The van der Waals surface area contributed by atoms with Gasteiger partial charge in [0.25, 0.3) is 10.1 Å². The van der Waals surface area contributed by atoms with Gasteiger partial charge in [-0.2, -0.15) is 8.42 Å². The van der Waals surface area contributed by atoms with Gasteiger partial charge in [-0.25, -0.2) is 0 Å². The maximum absolute atomic E-state index is 10.9. The Hall–Kier alpha value is -1.68. The summed E-state index contributed by atoms with van der Waals surface area (Å²) in [6, 6.07) is 5.72. The summed E-state index contributed by atoms with van der Waals surface area (Å²) in [5, 5.41) is 23.3. The molecule has 3 rings (SSSR count). The Morgan fingerprint density at radius 3 is 2.36 bits per heavy atom. The van der Waals surface area contributed by atoms with E-state index in [-0.39, 0.29) is 6.04 Å². The summed E-state index contributed by atoms with van der Waals surface area (Å²) < 4.78 is 31.9. The molecule has 0 saturated carbocycles. The molecule has 0 spiro atoms. The van der Waals surface area contributed by atoms with Gasteiger partial charge in [-0.3, -0.25) is 9.45 Å². The molecule has 1 aromatic rings. The minimum Gasteiger partial charge on any atom is -0.485 e. The predicted molar refractivity (Wildman–Crippen MR) is 107 cm³/mol. The van der Waals surface area contributed by atoms with Gasteiger partial charge in [0, 0.05) is 5.56 Å². The highest BCUT2D eigenvalue weighted by atomic mass is 32.2. The SMILES string of the molecule is CC(=NO)c1ccc2c(c1)[C@@H](N1CCCCC1)[C@H](O)C(C)(C)O2.CS(=O)(=O)O. The molecular weight excluding hydrogens is 384 g/mol. The Labute approximate surface area is 166 Å². The highest BCUT2D eigenvalue weighted by Gasteiger charge is 2.45. The maximum atomic E-state index is 10.9. The number of hydrogen-bond donors (Lipinski definition) is 3. The first-order valence-electron chi connectivity index (χ1n) is 9.30. The van der Waals surface area contributed by atoms with Gasteiger partial charge in [0.05, 0.1) is 18.0 Å². The van der Waals surface area contributed by atoms with E-state index >= 15 is 0 Å². The van der Waals surface area contributed by atoms with Crippen molar-refractivity contribution in [3.05, 3.63) is 29.3 Å². The zero-order chi connectivity index (χ0) is 21.1. The lowest BCUT2D eigenvalue weighted by Crippen LogP contribution is -2.54. The average Bonchev–Trinajstić information content (AvgIpc) is 2.61. The summed E-state index contributed by atoms with van der Waals surface area (Å²) in [5.74, 6) is 0.811. The zero-order valence-electron chi connectivity index (χ0n) is 16.8. The Balaban J connectivity index is 0.000000500. The third-order valence-electron chi connectivity index (χ3n) is 5.06. The molecule has 0 bridgehead atoms. The van der Waals surface area contributed by atoms with E-state index < -0.39 is 21.8 Å². The highest BCUT2D eigenvalue weighted by Crippen LogP contribution is 2.44. The molecule has 1 aromatic carbocycles. The van der Waals surface area contributed by atoms with E-state index in [1.165, 1.54) is 6.42 Å². The first-order valence-corrected chi connectivity index (χ1v) is 11.2. The normalized spacial score (nSPS) is 25.1. The fraction of sp³-hybridized carbons (Fsp3) is 0.632. The van der Waals surface area contributed by atoms with Crippen LogP contribution in [-0.4, -0.2) is 64.9 Å². The van der Waals surface area contributed by atoms with Crippen LogP contribution in [0.2, 0.25) is 0 Å². The van der Waals surface area contributed by atoms with Gasteiger partial charge in [0.15, 0.2) is 0 Å². The lowest BCUT2D eigenvalue weighted by Gasteiger charge is -2.47. The van der Waals surface area contributed by atoms with Gasteiger partial charge in [-0.05, 0) is 70.5 Å². The van der Waals surface area contributed by atoms with Gasteiger partial charge in [0.2, 0.25) is 0 Å². The summed E-state index contributed by atoms with van der Waals surface area (Å²) >= 11 is 0. The Bertz CT molecular complexity index is 808. The summed E-state index contributed by atoms with van der Waals surface area (Å²) in [5.41, 5.74) is 1.77. The number of nitrogens with zero attached hydrogens (tertiary/aromatic N) is 2. The van der Waals surface area contributed by atoms with E-state index in [4.69, 9.17) is 14.5 Å². The predicted octanol–water partition coefficient (Wildman–Crippen LogP) is 2.45. The number of oxime groups is 1. The van der Waals surface area contributed by atoms with E-state index in [1.54, 1.807) is 6.92 Å². The van der Waals surface area contributed by atoms with Gasteiger partial charge < -0.3 is 15.1 Å². The Morgan fingerprint density at radius 1 is 1.25 bits per heavy atom. The highest BCUT2D eigenvalue weighted by molar-refractivity contribution is 7.85. The van der Waals surface area contributed by atoms with Crippen molar-refractivity contribution in [1.29, 1.82) is 0 Å². The molecule has 2 atom stereocenters. The first kappa shape index (κ1) is 22.6. The van der Waals surface area contributed by atoms with Crippen molar-refractivity contribution >= 4 is 15.8 Å². The summed E-state index contributed by atoms with van der Waals surface area (Å²) in [6.07, 6.45) is 3.69. The number of piperidine rings is 1. The first-order chi connectivity index (χ1) is 12.9. The lowest BCUT2D eigenvalue weighted by atomic mass is 9.84. The summed E-state index contributed by atoms with van der Waals surface area (Å²) in [7, 11) is -3.67. The number of likely N-dealkylation sites (tertiary alicyclic amines) is 1. The van der Waals surface area contributed by atoms with E-state index in [0.717, 1.165) is 42.8 Å². The van der Waals surface area contributed by atoms with E-state index in [0.29, 0.717) is 12.0 Å². The van der Waals surface area contributed by atoms with Crippen LogP contribution in [0, 0.1) is 0 Å². The maximum Gasteiger partial charge on any atom is 0.261 e. The third-order valence-corrected chi connectivity index (χ3v) is 5.06. The molecule has 0 radical (unpaired) electrons. The monoisotopic (exact) mass is 414 g/mol. The standard InChI is InChI=1S/C18H26N2O3.CH4O3S/c1-12(19-22)13-7-8-15-14(11-13)16(17(21)18(2,3)23-15)20-9-5-4-6-10-20;1-5(2,3)4/h7-8,11,16-17,21-22H,4-6,9-10H2,1-3H3;1H3,(H,2,3,4)/t16-,17+;/m1./s1. The van der Waals surface area contributed by atoms with E-state index in [2.05, 4.69) is 10.1 Å². The molecule has 0 unspecified atom stereocenters. The molecule has 2 aliphatic rings. The van der Waals surface area contributed by atoms with Crippen molar-refractivity contribution in [2.24, 2.45) is 5.16 Å². The number of fused-ring (bicyclic) bond motifs is 1. The van der Waals surface area contributed by atoms with Gasteiger partial charge >= 0.3 is 0 Å². The number of aliphatic hydroxyl groups excluding tert-OH is 1. The smallest absolute Gasteiger partial charge is 0.261 e. The van der Waals surface area contributed by atoms with Crippen molar-refractivity contribution in [1.82, 2.24) is 4.90 Å². The van der Waals surface area contributed by atoms with Crippen LogP contribution in [-0.2, 0) is 10.1 Å². The molecule has 0 aliphatic carbocycles. The van der Waals surface area contributed by atoms with Crippen molar-refractivity contribution in [2.45, 2.75) is 57.8 Å². The Kier molecular flexibility index (Phi) is 7.08. The van der Waals surface area contributed by atoms with Crippen LogP contribution in [0.5, 0.6) is 5.75 Å². The second kappa shape index (κ2) is 8.77. The fourth-order valence-electron chi connectivity index (χ4n) is 3.64. The number of aliphatic hydroxyl groups is 1. The molecular formula is C19H30N2O6S. The molecule has 1 fully saturated rings. The molecule has 2 heterocycles. The van der Waals surface area contributed by atoms with E-state index in [1.807, 2.05) is 32.0 Å². The van der Waals surface area contributed by atoms with Crippen LogP contribution in [0.1, 0.15) is 57.2 Å². The minimum absolute atomic E-state index is 0.0829. The van der Waals surface area contributed by atoms with Crippen LogP contribution < -0.4 is 4.74 Å².